The van der Waals surface area contributed by atoms with Gasteiger partial charge in [0, 0.05) is 25.3 Å². The highest BCUT2D eigenvalue weighted by atomic mass is 16.5. The van der Waals surface area contributed by atoms with E-state index in [1.165, 1.54) is 0 Å². The number of carbonyl (C=O) groups excluding carboxylic acids is 3. The molecule has 8 heteroatoms. The van der Waals surface area contributed by atoms with Crippen LogP contribution in [0.1, 0.15) is 72.6 Å². The molecule has 43 heavy (non-hydrogen) atoms. The van der Waals surface area contributed by atoms with Gasteiger partial charge in [-0.15, -0.1) is 13.2 Å². The molecule has 4 rings (SSSR count). The van der Waals surface area contributed by atoms with Crippen LogP contribution in [0.4, 0.5) is 5.69 Å². The van der Waals surface area contributed by atoms with Gasteiger partial charge < -0.3 is 24.5 Å². The molecule has 6 atom stereocenters. The molecule has 3 saturated heterocycles. The van der Waals surface area contributed by atoms with E-state index in [9.17, 15) is 19.5 Å². The summed E-state index contributed by atoms with van der Waals surface area (Å²) in [6.07, 6.45) is 8.45. The van der Waals surface area contributed by atoms with Crippen molar-refractivity contribution in [3.8, 4) is 0 Å². The van der Waals surface area contributed by atoms with Crippen molar-refractivity contribution in [3.63, 3.8) is 0 Å². The topological polar surface area (TPSA) is 90.4 Å². The van der Waals surface area contributed by atoms with Crippen molar-refractivity contribution >= 4 is 23.4 Å². The summed E-state index contributed by atoms with van der Waals surface area (Å²) in [6, 6.07) is 7.95. The van der Waals surface area contributed by atoms with Crippen molar-refractivity contribution < 1.29 is 24.2 Å². The maximum atomic E-state index is 14.8. The van der Waals surface area contributed by atoms with Gasteiger partial charge in [-0.2, -0.15) is 0 Å². The molecule has 3 aliphatic heterocycles. The zero-order valence-corrected chi connectivity index (χ0v) is 26.5. The predicted molar refractivity (Wildman–Crippen MR) is 169 cm³/mol. The Kier molecular flexibility index (Phi) is 10.5. The number of aliphatic hydroxyl groups excluding tert-OH is 1. The molecule has 0 aliphatic carbocycles. The number of rotatable bonds is 16. The Morgan fingerprint density at radius 1 is 1.09 bits per heavy atom. The number of likely N-dealkylation sites (tertiary alicyclic amines) is 1. The van der Waals surface area contributed by atoms with Gasteiger partial charge in [0.25, 0.3) is 0 Å². The third kappa shape index (κ3) is 5.80. The lowest BCUT2D eigenvalue weighted by Crippen LogP contribution is -2.59. The number of para-hydroxylation sites is 1. The van der Waals surface area contributed by atoms with Crippen LogP contribution in [0.15, 0.2) is 55.6 Å². The smallest absolute Gasteiger partial charge is 0.248 e. The van der Waals surface area contributed by atoms with Crippen LogP contribution in [-0.2, 0) is 19.1 Å². The maximum absolute atomic E-state index is 14.8. The van der Waals surface area contributed by atoms with E-state index in [0.717, 1.165) is 24.9 Å². The molecule has 1 N–H and O–H groups in total. The Balaban J connectivity index is 1.84. The van der Waals surface area contributed by atoms with Gasteiger partial charge in [-0.3, -0.25) is 14.4 Å². The van der Waals surface area contributed by atoms with E-state index in [1.807, 2.05) is 51.1 Å². The minimum atomic E-state index is -1.14. The first-order valence-corrected chi connectivity index (χ1v) is 16.2. The van der Waals surface area contributed by atoms with Crippen LogP contribution in [0.25, 0.3) is 0 Å². The van der Waals surface area contributed by atoms with Gasteiger partial charge in [0.2, 0.25) is 17.7 Å². The second-order valence-corrected chi connectivity index (χ2v) is 12.9. The van der Waals surface area contributed by atoms with Crippen LogP contribution in [0, 0.1) is 17.8 Å². The minimum absolute atomic E-state index is 0.180. The molecule has 8 nitrogen and oxygen atoms in total. The lowest BCUT2D eigenvalue weighted by Gasteiger charge is -2.40. The molecule has 1 aromatic rings. The van der Waals surface area contributed by atoms with Crippen LogP contribution < -0.4 is 4.90 Å². The van der Waals surface area contributed by atoms with Crippen LogP contribution in [0.2, 0.25) is 0 Å². The van der Waals surface area contributed by atoms with E-state index in [1.54, 1.807) is 26.9 Å². The summed E-state index contributed by atoms with van der Waals surface area (Å²) in [4.78, 5) is 49.2. The molecule has 0 saturated carbocycles. The summed E-state index contributed by atoms with van der Waals surface area (Å²) < 4.78 is 7.02. The summed E-state index contributed by atoms with van der Waals surface area (Å²) in [5.74, 6) is -2.02. The highest BCUT2D eigenvalue weighted by molar-refractivity contribution is 6.03. The number of amides is 3. The van der Waals surface area contributed by atoms with Gasteiger partial charge in [0.1, 0.15) is 11.6 Å². The largest absolute Gasteiger partial charge is 0.394 e. The first-order valence-electron chi connectivity index (χ1n) is 16.2. The third-order valence-corrected chi connectivity index (χ3v) is 9.80. The van der Waals surface area contributed by atoms with Crippen LogP contribution in [-0.4, -0.2) is 82.2 Å². The van der Waals surface area contributed by atoms with Crippen molar-refractivity contribution in [2.45, 2.75) is 95.9 Å². The van der Waals surface area contributed by atoms with Crippen molar-refractivity contribution in [3.05, 3.63) is 55.6 Å². The molecule has 2 bridgehead atoms. The zero-order chi connectivity index (χ0) is 31.4. The van der Waals surface area contributed by atoms with E-state index in [2.05, 4.69) is 20.1 Å². The molecule has 3 amide bonds. The molecule has 3 heterocycles. The molecular formula is C35H51N3O5. The summed E-state index contributed by atoms with van der Waals surface area (Å²) in [6.45, 7) is 16.9. The van der Waals surface area contributed by atoms with Gasteiger partial charge in [-0.1, -0.05) is 70.9 Å². The standard InChI is InChI=1S/C35H51N3O5/c1-7-11-15-22-36(20-8-2)33(42)30-35-19-18-34(10-4,43-35)28(29(35)32(41)38(30)27(24-39)23-25(5)6)31(40)37(21-9-3)26-16-13-12-14-17-26/h8-9,12-14,16-17,25,27-30,39H,2-3,7,10-11,15,18-24H2,1,4-6H3/t27-,28-,29+,30?,34+,35?/m1/s1. The van der Waals surface area contributed by atoms with Crippen molar-refractivity contribution in [2.75, 3.05) is 31.1 Å². The number of ether oxygens (including phenoxy) is 1. The molecule has 236 valence electrons. The quantitative estimate of drug-likeness (QED) is 0.216. The van der Waals surface area contributed by atoms with E-state index < -0.39 is 35.1 Å². The van der Waals surface area contributed by atoms with E-state index in [4.69, 9.17) is 4.74 Å². The van der Waals surface area contributed by atoms with Gasteiger partial charge >= 0.3 is 0 Å². The molecule has 1 aromatic carbocycles. The van der Waals surface area contributed by atoms with Crippen LogP contribution in [0.5, 0.6) is 0 Å². The Labute approximate surface area is 257 Å². The number of unbranched alkanes of at least 4 members (excludes halogenated alkanes) is 2. The van der Waals surface area contributed by atoms with Gasteiger partial charge in [-0.05, 0) is 50.2 Å². The molecule has 2 unspecified atom stereocenters. The number of hydrogen-bond donors (Lipinski definition) is 1. The Bertz CT molecular complexity index is 1170. The molecular weight excluding hydrogens is 542 g/mol. The lowest BCUT2D eigenvalue weighted by molar-refractivity contribution is -0.156. The lowest BCUT2D eigenvalue weighted by atomic mass is 9.64. The number of fused-ring (bicyclic) bond motifs is 1. The second-order valence-electron chi connectivity index (χ2n) is 12.9. The Morgan fingerprint density at radius 2 is 1.79 bits per heavy atom. The SMILES string of the molecule is C=CCN(CCCCC)C(=O)C1N([C@@H](CO)CC(C)C)C(=O)[C@@H]2[C@H](C(=O)N(CC=C)c3ccccc3)[C@]3(CC)CCC12O3. The summed E-state index contributed by atoms with van der Waals surface area (Å²) in [5, 5.41) is 10.6. The summed E-state index contributed by atoms with van der Waals surface area (Å²) >= 11 is 0. The molecule has 0 aromatic heterocycles. The van der Waals surface area contributed by atoms with Crippen LogP contribution in [0.3, 0.4) is 0 Å². The average Bonchev–Trinajstić information content (AvgIpc) is 3.61. The zero-order valence-electron chi connectivity index (χ0n) is 26.5. The van der Waals surface area contributed by atoms with Gasteiger partial charge in [0.05, 0.1) is 30.1 Å². The molecule has 3 aliphatic rings. The van der Waals surface area contributed by atoms with Gasteiger partial charge in [-0.25, -0.2) is 0 Å². The van der Waals surface area contributed by atoms with E-state index >= 15 is 0 Å². The first kappa shape index (κ1) is 32.9. The third-order valence-electron chi connectivity index (χ3n) is 9.80. The highest BCUT2D eigenvalue weighted by Gasteiger charge is 2.79. The van der Waals surface area contributed by atoms with Crippen LogP contribution >= 0.6 is 0 Å². The Morgan fingerprint density at radius 3 is 2.37 bits per heavy atom. The number of benzene rings is 1. The van der Waals surface area contributed by atoms with Crippen molar-refractivity contribution in [2.24, 2.45) is 17.8 Å². The fourth-order valence-corrected chi connectivity index (χ4v) is 7.92. The van der Waals surface area contributed by atoms with Crippen molar-refractivity contribution in [1.82, 2.24) is 9.80 Å². The average molecular weight is 594 g/mol. The first-order chi connectivity index (χ1) is 20.7. The molecule has 1 spiro atoms. The summed E-state index contributed by atoms with van der Waals surface area (Å²) in [5.41, 5.74) is -1.27. The number of carbonyl (C=O) groups is 3. The number of aliphatic hydroxyl groups is 1. The van der Waals surface area contributed by atoms with E-state index in [0.29, 0.717) is 38.8 Å². The fourth-order valence-electron chi connectivity index (χ4n) is 7.92. The molecule has 3 fully saturated rings. The van der Waals surface area contributed by atoms with Gasteiger partial charge in [0.15, 0.2) is 0 Å². The number of anilines is 1. The normalized spacial score (nSPS) is 28.2. The summed E-state index contributed by atoms with van der Waals surface area (Å²) in [7, 11) is 0. The minimum Gasteiger partial charge on any atom is -0.394 e. The van der Waals surface area contributed by atoms with Crippen molar-refractivity contribution in [1.29, 1.82) is 0 Å². The highest BCUT2D eigenvalue weighted by Crippen LogP contribution is 2.65. The van der Waals surface area contributed by atoms with E-state index in [-0.39, 0.29) is 36.8 Å². The molecule has 0 radical (unpaired) electrons. The number of nitrogens with zero attached hydrogens (tertiary/aromatic N) is 3. The number of hydrogen-bond acceptors (Lipinski definition) is 5. The fraction of sp³-hybridized carbons (Fsp3) is 0.629. The monoisotopic (exact) mass is 593 g/mol. The maximum Gasteiger partial charge on any atom is 0.248 e. The Hall–Kier alpha value is -2.97. The predicted octanol–water partition coefficient (Wildman–Crippen LogP) is 4.97. The second kappa shape index (κ2) is 13.8.